The van der Waals surface area contributed by atoms with Crippen molar-refractivity contribution in [3.8, 4) is 0 Å². The highest BCUT2D eigenvalue weighted by Crippen LogP contribution is 2.66. The Morgan fingerprint density at radius 2 is 1.52 bits per heavy atom. The normalized spacial score (nSPS) is 33.7. The number of aryl methyl sites for hydroxylation is 1. The van der Waals surface area contributed by atoms with Crippen molar-refractivity contribution in [2.75, 3.05) is 26.2 Å². The van der Waals surface area contributed by atoms with E-state index in [1.165, 1.54) is 17.5 Å². The summed E-state index contributed by atoms with van der Waals surface area (Å²) >= 11 is 0. The zero-order chi connectivity index (χ0) is 23.4. The van der Waals surface area contributed by atoms with Crippen molar-refractivity contribution < 1.29 is 19.1 Å². The lowest BCUT2D eigenvalue weighted by molar-refractivity contribution is -0.182. The molecule has 2 amide bonds. The molecule has 4 saturated carbocycles. The van der Waals surface area contributed by atoms with Crippen LogP contribution in [0.3, 0.4) is 0 Å². The molecule has 6 nitrogen and oxygen atoms in total. The summed E-state index contributed by atoms with van der Waals surface area (Å²) < 4.78 is 5.91. The Labute approximate surface area is 196 Å². The van der Waals surface area contributed by atoms with Gasteiger partial charge in [0.1, 0.15) is 0 Å². The van der Waals surface area contributed by atoms with E-state index in [2.05, 4.69) is 31.2 Å². The lowest BCUT2D eigenvalue weighted by atomic mass is 9.43. The highest BCUT2D eigenvalue weighted by Gasteiger charge is 2.61. The third-order valence-corrected chi connectivity index (χ3v) is 8.83. The van der Waals surface area contributed by atoms with Gasteiger partial charge >= 0.3 is 5.97 Å². The first-order valence-corrected chi connectivity index (χ1v) is 12.5. The number of piperazine rings is 1. The molecule has 1 aromatic carbocycles. The maximum absolute atomic E-state index is 13.6. The van der Waals surface area contributed by atoms with Crippen molar-refractivity contribution in [1.29, 1.82) is 0 Å². The van der Waals surface area contributed by atoms with Crippen molar-refractivity contribution in [2.45, 2.75) is 70.8 Å². The number of benzene rings is 1. The summed E-state index contributed by atoms with van der Waals surface area (Å²) in [4.78, 5) is 41.7. The summed E-state index contributed by atoms with van der Waals surface area (Å²) in [5.74, 6) is 0.836. The maximum atomic E-state index is 13.6. The third kappa shape index (κ3) is 3.95. The van der Waals surface area contributed by atoms with Crippen LogP contribution in [-0.2, 0) is 24.5 Å². The van der Waals surface area contributed by atoms with Crippen molar-refractivity contribution in [2.24, 2.45) is 17.3 Å². The monoisotopic (exact) mass is 452 g/mol. The number of rotatable bonds is 4. The van der Waals surface area contributed by atoms with E-state index in [0.29, 0.717) is 38.0 Å². The molecule has 4 aliphatic carbocycles. The van der Waals surface area contributed by atoms with Gasteiger partial charge in [-0.05, 0) is 75.2 Å². The zero-order valence-electron chi connectivity index (χ0n) is 20.1. The molecule has 4 bridgehead atoms. The fourth-order valence-electron chi connectivity index (χ4n) is 7.58. The second-order valence-corrected chi connectivity index (χ2v) is 11.3. The molecule has 1 aromatic rings. The van der Waals surface area contributed by atoms with Gasteiger partial charge in [-0.2, -0.15) is 0 Å². The summed E-state index contributed by atoms with van der Waals surface area (Å²) in [5.41, 5.74) is 2.23. The zero-order valence-corrected chi connectivity index (χ0v) is 20.1. The predicted octanol–water partition coefficient (Wildman–Crippen LogP) is 3.46. The molecular weight excluding hydrogens is 416 g/mol. The molecular formula is C27H36N2O4. The fraction of sp³-hybridized carbons (Fsp3) is 0.667. The van der Waals surface area contributed by atoms with Crippen molar-refractivity contribution in [1.82, 2.24) is 9.80 Å². The Bertz CT molecular complexity index is 933. The molecule has 5 fully saturated rings. The van der Waals surface area contributed by atoms with Gasteiger partial charge in [-0.3, -0.25) is 14.4 Å². The van der Waals surface area contributed by atoms with Crippen molar-refractivity contribution in [3.05, 3.63) is 35.4 Å². The third-order valence-electron chi connectivity index (χ3n) is 8.83. The summed E-state index contributed by atoms with van der Waals surface area (Å²) in [6.45, 7) is 7.42. The number of hydrogen-bond donors (Lipinski definition) is 0. The second kappa shape index (κ2) is 8.14. The highest BCUT2D eigenvalue weighted by atomic mass is 16.5. The Kier molecular flexibility index (Phi) is 5.53. The minimum atomic E-state index is -0.787. The average Bonchev–Trinajstić information content (AvgIpc) is 2.78. The van der Waals surface area contributed by atoms with Gasteiger partial charge in [-0.1, -0.05) is 29.8 Å². The molecule has 0 spiro atoms. The van der Waals surface area contributed by atoms with E-state index < -0.39 is 11.5 Å². The van der Waals surface area contributed by atoms with Crippen LogP contribution in [0.4, 0.5) is 0 Å². The van der Waals surface area contributed by atoms with Gasteiger partial charge in [-0.15, -0.1) is 0 Å². The number of carbonyl (C=O) groups excluding carboxylic acids is 3. The molecule has 3 unspecified atom stereocenters. The fourth-order valence-corrected chi connectivity index (χ4v) is 7.58. The molecule has 0 radical (unpaired) electrons. The van der Waals surface area contributed by atoms with Gasteiger partial charge in [0.15, 0.2) is 6.10 Å². The lowest BCUT2D eigenvalue weighted by Gasteiger charge is -2.61. The van der Waals surface area contributed by atoms with Crippen LogP contribution in [0.15, 0.2) is 24.3 Å². The van der Waals surface area contributed by atoms with E-state index in [9.17, 15) is 14.4 Å². The highest BCUT2D eigenvalue weighted by molar-refractivity contribution is 5.86. The molecule has 178 valence electrons. The van der Waals surface area contributed by atoms with E-state index in [1.807, 2.05) is 0 Å². The maximum Gasteiger partial charge on any atom is 0.312 e. The first-order valence-electron chi connectivity index (χ1n) is 12.5. The van der Waals surface area contributed by atoms with Crippen LogP contribution in [0.5, 0.6) is 0 Å². The molecule has 6 rings (SSSR count). The van der Waals surface area contributed by atoms with E-state index in [1.54, 1.807) is 23.6 Å². The van der Waals surface area contributed by atoms with Gasteiger partial charge < -0.3 is 14.5 Å². The quantitative estimate of drug-likeness (QED) is 0.657. The van der Waals surface area contributed by atoms with Gasteiger partial charge in [-0.25, -0.2) is 0 Å². The molecule has 1 saturated heterocycles. The van der Waals surface area contributed by atoms with Crippen LogP contribution in [0, 0.1) is 24.2 Å². The minimum absolute atomic E-state index is 0.0332. The standard InChI is InChI=1S/C27H36N2O4/c1-18-4-6-23(7-5-18)26-13-21-12-22(14-26)16-27(15-21,17-26)25(32)33-19(2)24(31)29-10-8-28(9-11-29)20(3)30/h4-7,19,21-22H,8-17H2,1-3H3. The first-order chi connectivity index (χ1) is 15.7. The molecule has 0 N–H and O–H groups in total. The van der Waals surface area contributed by atoms with Crippen LogP contribution in [0.25, 0.3) is 0 Å². The summed E-state index contributed by atoms with van der Waals surface area (Å²) in [5, 5.41) is 0. The number of hydrogen-bond acceptors (Lipinski definition) is 4. The number of carbonyl (C=O) groups is 3. The molecule has 1 heterocycles. The van der Waals surface area contributed by atoms with Crippen LogP contribution < -0.4 is 0 Å². The minimum Gasteiger partial charge on any atom is -0.452 e. The lowest BCUT2D eigenvalue weighted by Crippen LogP contribution is -2.58. The summed E-state index contributed by atoms with van der Waals surface area (Å²) in [7, 11) is 0. The molecule has 6 heteroatoms. The van der Waals surface area contributed by atoms with Crippen LogP contribution in [0.2, 0.25) is 0 Å². The van der Waals surface area contributed by atoms with Crippen molar-refractivity contribution in [3.63, 3.8) is 0 Å². The topological polar surface area (TPSA) is 66.9 Å². The molecule has 33 heavy (non-hydrogen) atoms. The largest absolute Gasteiger partial charge is 0.452 e. The van der Waals surface area contributed by atoms with Gasteiger partial charge in [0.05, 0.1) is 5.41 Å². The summed E-state index contributed by atoms with van der Waals surface area (Å²) in [6, 6.07) is 8.89. The number of nitrogens with zero attached hydrogens (tertiary/aromatic N) is 2. The summed E-state index contributed by atoms with van der Waals surface area (Å²) in [6.07, 6.45) is 5.39. The van der Waals surface area contributed by atoms with E-state index in [4.69, 9.17) is 4.74 Å². The smallest absolute Gasteiger partial charge is 0.312 e. The van der Waals surface area contributed by atoms with E-state index >= 15 is 0 Å². The van der Waals surface area contributed by atoms with Gasteiger partial charge in [0, 0.05) is 33.1 Å². The Morgan fingerprint density at radius 1 is 0.939 bits per heavy atom. The van der Waals surface area contributed by atoms with E-state index in [0.717, 1.165) is 32.1 Å². The molecule has 0 aromatic heterocycles. The van der Waals surface area contributed by atoms with Crippen LogP contribution in [0.1, 0.15) is 63.5 Å². The molecule has 5 aliphatic rings. The molecule has 1 aliphatic heterocycles. The average molecular weight is 453 g/mol. The number of esters is 1. The SMILES string of the molecule is CC(=O)N1CCN(C(=O)C(C)OC(=O)C23CC4CC(C2)CC(c2ccc(C)cc2)(C4)C3)CC1. The number of amides is 2. The Balaban J connectivity index is 1.29. The van der Waals surface area contributed by atoms with E-state index in [-0.39, 0.29) is 23.2 Å². The molecule has 3 atom stereocenters. The first kappa shape index (κ1) is 22.4. The van der Waals surface area contributed by atoms with Crippen LogP contribution >= 0.6 is 0 Å². The van der Waals surface area contributed by atoms with Crippen molar-refractivity contribution >= 4 is 17.8 Å². The van der Waals surface area contributed by atoms with Crippen LogP contribution in [-0.4, -0.2) is 59.9 Å². The van der Waals surface area contributed by atoms with Gasteiger partial charge in [0.25, 0.3) is 5.91 Å². The Hall–Kier alpha value is -2.37. The Morgan fingerprint density at radius 3 is 2.09 bits per heavy atom. The van der Waals surface area contributed by atoms with Gasteiger partial charge in [0.2, 0.25) is 5.91 Å². The predicted molar refractivity (Wildman–Crippen MR) is 124 cm³/mol. The second-order valence-electron chi connectivity index (χ2n) is 11.3. The number of ether oxygens (including phenoxy) is 1.